The van der Waals surface area contributed by atoms with Gasteiger partial charge in [-0.3, -0.25) is 19.2 Å². The average Bonchev–Trinajstić information content (AvgIpc) is 2.72. The first-order valence-corrected chi connectivity index (χ1v) is 11.1. The Morgan fingerprint density at radius 3 is 2.12 bits per heavy atom. The molecule has 0 saturated heterocycles. The van der Waals surface area contributed by atoms with E-state index in [1.165, 1.54) is 37.7 Å². The highest BCUT2D eigenvalue weighted by Crippen LogP contribution is 2.11. The molecule has 0 radical (unpaired) electrons. The molecule has 0 unspecified atom stereocenters. The van der Waals surface area contributed by atoms with Crippen LogP contribution in [0.25, 0.3) is 0 Å². The van der Waals surface area contributed by atoms with E-state index in [1.54, 1.807) is 18.4 Å². The number of rotatable bonds is 12. The first kappa shape index (κ1) is 26.8. The zero-order chi connectivity index (χ0) is 24.3. The van der Waals surface area contributed by atoms with Crippen LogP contribution in [0.15, 0.2) is 24.3 Å². The quantitative estimate of drug-likeness (QED) is 0.226. The first-order valence-electron chi connectivity index (χ1n) is 9.67. The molecule has 1 aromatic rings. The van der Waals surface area contributed by atoms with Crippen LogP contribution in [0, 0.1) is 0 Å². The highest BCUT2D eigenvalue weighted by molar-refractivity contribution is 7.98. The van der Waals surface area contributed by atoms with E-state index in [0.717, 1.165) is 0 Å². The number of carboxylic acid groups (broad SMARTS) is 1. The predicted octanol–water partition coefficient (Wildman–Crippen LogP) is -1.01. The Labute approximate surface area is 189 Å². The molecule has 0 aliphatic carbocycles. The summed E-state index contributed by atoms with van der Waals surface area (Å²) in [5.74, 6) is -3.33. The van der Waals surface area contributed by atoms with Gasteiger partial charge >= 0.3 is 5.97 Å². The van der Waals surface area contributed by atoms with E-state index >= 15 is 0 Å². The fourth-order valence-electron chi connectivity index (χ4n) is 2.63. The van der Waals surface area contributed by atoms with Crippen LogP contribution in [0.5, 0.6) is 5.75 Å². The van der Waals surface area contributed by atoms with E-state index in [0.29, 0.717) is 5.56 Å². The lowest BCUT2D eigenvalue weighted by atomic mass is 10.1. The molecule has 0 spiro atoms. The van der Waals surface area contributed by atoms with Crippen molar-refractivity contribution in [1.82, 2.24) is 21.3 Å². The van der Waals surface area contributed by atoms with Gasteiger partial charge in [0.25, 0.3) is 0 Å². The van der Waals surface area contributed by atoms with Crippen molar-refractivity contribution in [3.8, 4) is 5.75 Å². The Bertz CT molecular complexity index is 832. The third-order valence-electron chi connectivity index (χ3n) is 4.21. The minimum absolute atomic E-state index is 0.0155. The van der Waals surface area contributed by atoms with E-state index in [4.69, 9.17) is 0 Å². The summed E-state index contributed by atoms with van der Waals surface area (Å²) in [5.41, 5.74) is 0.594. The van der Waals surface area contributed by atoms with Crippen molar-refractivity contribution in [3.63, 3.8) is 0 Å². The van der Waals surface area contributed by atoms with Crippen LogP contribution in [-0.2, 0) is 30.4 Å². The second-order valence-corrected chi connectivity index (χ2v) is 7.90. The summed E-state index contributed by atoms with van der Waals surface area (Å²) in [7, 11) is 0. The van der Waals surface area contributed by atoms with Crippen LogP contribution in [0.1, 0.15) is 19.4 Å². The number of aromatic hydroxyl groups is 1. The van der Waals surface area contributed by atoms with Gasteiger partial charge in [-0.15, -0.1) is 0 Å². The van der Waals surface area contributed by atoms with E-state index in [9.17, 15) is 34.2 Å². The van der Waals surface area contributed by atoms with Crippen LogP contribution in [-0.4, -0.2) is 76.5 Å². The van der Waals surface area contributed by atoms with Crippen LogP contribution < -0.4 is 21.3 Å². The lowest BCUT2D eigenvalue weighted by molar-refractivity contribution is -0.142. The molecule has 0 bridgehead atoms. The number of benzene rings is 1. The minimum atomic E-state index is -1.25. The van der Waals surface area contributed by atoms with E-state index in [1.807, 2.05) is 0 Å². The molecule has 12 heteroatoms. The second kappa shape index (κ2) is 13.2. The van der Waals surface area contributed by atoms with Crippen molar-refractivity contribution in [2.45, 2.75) is 38.4 Å². The molecular weight excluding hydrogens is 440 g/mol. The number of phenols is 1. The van der Waals surface area contributed by atoms with Gasteiger partial charge in [0, 0.05) is 19.1 Å². The van der Waals surface area contributed by atoms with Gasteiger partial charge in [-0.05, 0) is 30.9 Å². The average molecular weight is 469 g/mol. The molecule has 0 aliphatic heterocycles. The smallest absolute Gasteiger partial charge is 0.326 e. The molecule has 1 rings (SSSR count). The van der Waals surface area contributed by atoms with E-state index < -0.39 is 54.3 Å². The van der Waals surface area contributed by atoms with E-state index in [2.05, 4.69) is 21.3 Å². The van der Waals surface area contributed by atoms with Crippen LogP contribution >= 0.6 is 11.8 Å². The maximum atomic E-state index is 12.6. The zero-order valence-electron chi connectivity index (χ0n) is 18.0. The number of hydrogen-bond acceptors (Lipinski definition) is 7. The van der Waals surface area contributed by atoms with Gasteiger partial charge in [0.05, 0.1) is 6.54 Å². The van der Waals surface area contributed by atoms with Crippen LogP contribution in [0.3, 0.4) is 0 Å². The summed E-state index contributed by atoms with van der Waals surface area (Å²) < 4.78 is 0. The molecule has 0 saturated carbocycles. The summed E-state index contributed by atoms with van der Waals surface area (Å²) in [6.07, 6.45) is 1.70. The third-order valence-corrected chi connectivity index (χ3v) is 4.88. The maximum absolute atomic E-state index is 12.6. The number of nitrogens with one attached hydrogen (secondary N) is 4. The molecule has 176 valence electrons. The largest absolute Gasteiger partial charge is 0.508 e. The molecule has 4 amide bonds. The molecular formula is C20H28N4O7S. The van der Waals surface area contributed by atoms with Crippen molar-refractivity contribution in [2.24, 2.45) is 0 Å². The normalized spacial score (nSPS) is 13.2. The summed E-state index contributed by atoms with van der Waals surface area (Å²) in [4.78, 5) is 59.3. The van der Waals surface area contributed by atoms with Gasteiger partial charge in [-0.1, -0.05) is 12.1 Å². The van der Waals surface area contributed by atoms with Crippen molar-refractivity contribution in [2.75, 3.05) is 18.6 Å². The van der Waals surface area contributed by atoms with Gasteiger partial charge in [0.2, 0.25) is 23.6 Å². The van der Waals surface area contributed by atoms with Gasteiger partial charge < -0.3 is 31.5 Å². The van der Waals surface area contributed by atoms with Gasteiger partial charge in [-0.2, -0.15) is 11.8 Å². The monoisotopic (exact) mass is 468 g/mol. The molecule has 0 aromatic heterocycles. The lowest BCUT2D eigenvalue weighted by Gasteiger charge is -2.21. The van der Waals surface area contributed by atoms with Gasteiger partial charge in [0.1, 0.15) is 23.9 Å². The fraction of sp³-hybridized carbons (Fsp3) is 0.450. The van der Waals surface area contributed by atoms with Crippen molar-refractivity contribution in [3.05, 3.63) is 29.8 Å². The molecule has 0 fully saturated rings. The van der Waals surface area contributed by atoms with Gasteiger partial charge in [0.15, 0.2) is 0 Å². The highest BCUT2D eigenvalue weighted by atomic mass is 32.2. The summed E-state index contributed by atoms with van der Waals surface area (Å²) in [6.45, 7) is 2.30. The number of phenolic OH excluding ortho intramolecular Hbond substituents is 1. The van der Waals surface area contributed by atoms with Crippen LogP contribution in [0.4, 0.5) is 0 Å². The number of carbonyl (C=O) groups is 5. The lowest BCUT2D eigenvalue weighted by Crippen LogP contribution is -2.55. The summed E-state index contributed by atoms with van der Waals surface area (Å²) in [6, 6.07) is 2.81. The fourth-order valence-corrected chi connectivity index (χ4v) is 3.19. The maximum Gasteiger partial charge on any atom is 0.326 e. The Morgan fingerprint density at radius 2 is 1.59 bits per heavy atom. The molecule has 1 aromatic carbocycles. The number of carboxylic acids is 1. The molecule has 0 heterocycles. The molecule has 3 atom stereocenters. The molecule has 32 heavy (non-hydrogen) atoms. The first-order chi connectivity index (χ1) is 15.0. The number of aliphatic carboxylic acids is 1. The number of thioether (sulfide) groups is 1. The predicted molar refractivity (Wildman–Crippen MR) is 118 cm³/mol. The SMILES string of the molecule is CSC[C@H](NC(=O)CNC(=O)[C@H](C)NC(C)=O)C(=O)N[C@@H](Cc1ccc(O)cc1)C(=O)O. The molecule has 11 nitrogen and oxygen atoms in total. The standard InChI is InChI=1S/C20H28N4O7S/c1-11(22-12(2)25)18(28)21-9-17(27)23-16(10-32-3)19(29)24-15(20(30)31)8-13-4-6-14(26)7-5-13/h4-7,11,15-16,26H,8-10H2,1-3H3,(H,21,28)(H,22,25)(H,23,27)(H,24,29)(H,30,31)/t11-,15-,16-/m0/s1. The topological polar surface area (TPSA) is 174 Å². The summed E-state index contributed by atoms with van der Waals surface area (Å²) in [5, 5.41) is 28.4. The Kier molecular flexibility index (Phi) is 11.0. The minimum Gasteiger partial charge on any atom is -0.508 e. The summed E-state index contributed by atoms with van der Waals surface area (Å²) >= 11 is 1.27. The van der Waals surface area contributed by atoms with Crippen LogP contribution in [0.2, 0.25) is 0 Å². The number of carbonyl (C=O) groups excluding carboxylic acids is 4. The van der Waals surface area contributed by atoms with Crippen molar-refractivity contribution in [1.29, 1.82) is 0 Å². The van der Waals surface area contributed by atoms with Crippen molar-refractivity contribution >= 4 is 41.4 Å². The number of amides is 4. The van der Waals surface area contributed by atoms with Crippen molar-refractivity contribution < 1.29 is 34.2 Å². The Morgan fingerprint density at radius 1 is 0.969 bits per heavy atom. The third kappa shape index (κ3) is 9.69. The Balaban J connectivity index is 2.69. The second-order valence-electron chi connectivity index (χ2n) is 6.99. The van der Waals surface area contributed by atoms with E-state index in [-0.39, 0.29) is 17.9 Å². The van der Waals surface area contributed by atoms with Gasteiger partial charge in [-0.25, -0.2) is 4.79 Å². The Hall–Kier alpha value is -3.28. The highest BCUT2D eigenvalue weighted by Gasteiger charge is 2.27. The number of hydrogen-bond donors (Lipinski definition) is 6. The molecule has 6 N–H and O–H groups in total. The molecule has 0 aliphatic rings. The zero-order valence-corrected chi connectivity index (χ0v) is 18.8.